The first-order valence-electron chi connectivity index (χ1n) is 11.2. The molecule has 0 aliphatic carbocycles. The van der Waals surface area contributed by atoms with Crippen LogP contribution in [0.1, 0.15) is 30.9 Å². The lowest BCUT2D eigenvalue weighted by Gasteiger charge is -2.33. The Kier molecular flexibility index (Phi) is 7.13. The van der Waals surface area contributed by atoms with E-state index in [4.69, 9.17) is 0 Å². The summed E-state index contributed by atoms with van der Waals surface area (Å²) in [5.41, 5.74) is 4.26. The Balaban J connectivity index is 1.56. The van der Waals surface area contributed by atoms with E-state index in [2.05, 4.69) is 53.6 Å². The van der Waals surface area contributed by atoms with Crippen LogP contribution in [0.3, 0.4) is 0 Å². The lowest BCUT2D eigenvalue weighted by molar-refractivity contribution is -0.130. The maximum atomic E-state index is 13.0. The van der Waals surface area contributed by atoms with Gasteiger partial charge in [-0.05, 0) is 44.9 Å². The smallest absolute Gasteiger partial charge is 0.233 e. The molecule has 33 heavy (non-hydrogen) atoms. The van der Waals surface area contributed by atoms with Crippen LogP contribution in [0.5, 0.6) is 0 Å². The molecule has 0 radical (unpaired) electrons. The van der Waals surface area contributed by atoms with Gasteiger partial charge >= 0.3 is 0 Å². The molecule has 0 saturated carbocycles. The second kappa shape index (κ2) is 10.2. The fourth-order valence-electron chi connectivity index (χ4n) is 4.09. The van der Waals surface area contributed by atoms with E-state index in [9.17, 15) is 9.59 Å². The highest BCUT2D eigenvalue weighted by atomic mass is 32.2. The Bertz CT molecular complexity index is 1140. The third kappa shape index (κ3) is 5.63. The molecule has 1 aliphatic heterocycles. The van der Waals surface area contributed by atoms with Gasteiger partial charge in [-0.25, -0.2) is 0 Å². The minimum absolute atomic E-state index is 0.0225. The molecule has 1 atom stereocenters. The fourth-order valence-corrected chi connectivity index (χ4v) is 4.94. The van der Waals surface area contributed by atoms with Crippen LogP contribution >= 0.6 is 11.8 Å². The minimum atomic E-state index is -0.0569. The summed E-state index contributed by atoms with van der Waals surface area (Å²) < 4.78 is 2.02. The summed E-state index contributed by atoms with van der Waals surface area (Å²) in [5, 5.41) is 12.5. The highest BCUT2D eigenvalue weighted by Crippen LogP contribution is 2.29. The Labute approximate surface area is 198 Å². The van der Waals surface area contributed by atoms with Crippen LogP contribution < -0.4 is 5.32 Å². The average molecular weight is 464 g/mol. The molecule has 1 fully saturated rings. The normalized spacial score (nSPS) is 16.0. The lowest BCUT2D eigenvalue weighted by Crippen LogP contribution is -2.49. The van der Waals surface area contributed by atoms with Crippen LogP contribution in [-0.4, -0.2) is 56.4 Å². The summed E-state index contributed by atoms with van der Waals surface area (Å²) in [6.45, 7) is 6.89. The van der Waals surface area contributed by atoms with Crippen molar-refractivity contribution in [3.05, 3.63) is 59.7 Å². The van der Waals surface area contributed by atoms with Crippen LogP contribution in [0.4, 0.5) is 0 Å². The first-order chi connectivity index (χ1) is 15.9. The van der Waals surface area contributed by atoms with E-state index >= 15 is 0 Å². The van der Waals surface area contributed by atoms with Crippen molar-refractivity contribution in [2.45, 2.75) is 44.8 Å². The Hall–Kier alpha value is -3.13. The molecule has 0 spiro atoms. The number of benzene rings is 2. The zero-order chi connectivity index (χ0) is 23.4. The Morgan fingerprint density at radius 2 is 1.88 bits per heavy atom. The van der Waals surface area contributed by atoms with E-state index in [1.54, 1.807) is 0 Å². The molecule has 172 valence electrons. The SMILES string of the molecule is CC(=O)NC1CCCN(C(=O)CSc2nnc(-c3cccc(C)c3)n2-c2ccc(C)cc2)C1. The van der Waals surface area contributed by atoms with Crippen LogP contribution in [-0.2, 0) is 9.59 Å². The summed E-state index contributed by atoms with van der Waals surface area (Å²) in [6.07, 6.45) is 1.79. The molecule has 7 nitrogen and oxygen atoms in total. The summed E-state index contributed by atoms with van der Waals surface area (Å²) >= 11 is 1.39. The van der Waals surface area contributed by atoms with Gasteiger partial charge in [0.15, 0.2) is 11.0 Å². The second-order valence-corrected chi connectivity index (χ2v) is 9.46. The molecule has 2 amide bonds. The summed E-state index contributed by atoms with van der Waals surface area (Å²) in [4.78, 5) is 26.2. The zero-order valence-electron chi connectivity index (χ0n) is 19.2. The third-order valence-electron chi connectivity index (χ3n) is 5.71. The predicted molar refractivity (Wildman–Crippen MR) is 130 cm³/mol. The van der Waals surface area contributed by atoms with Gasteiger partial charge < -0.3 is 10.2 Å². The quantitative estimate of drug-likeness (QED) is 0.563. The highest BCUT2D eigenvalue weighted by Gasteiger charge is 2.25. The fraction of sp³-hybridized carbons (Fsp3) is 0.360. The number of nitrogens with zero attached hydrogens (tertiary/aromatic N) is 4. The average Bonchev–Trinajstić information content (AvgIpc) is 3.22. The molecule has 1 saturated heterocycles. The zero-order valence-corrected chi connectivity index (χ0v) is 20.1. The van der Waals surface area contributed by atoms with E-state index in [1.807, 2.05) is 33.7 Å². The molecule has 0 bridgehead atoms. The maximum absolute atomic E-state index is 13.0. The van der Waals surface area contributed by atoms with Crippen molar-refractivity contribution in [3.63, 3.8) is 0 Å². The topological polar surface area (TPSA) is 80.1 Å². The van der Waals surface area contributed by atoms with Crippen LogP contribution in [0, 0.1) is 13.8 Å². The number of nitrogens with one attached hydrogen (secondary N) is 1. The van der Waals surface area contributed by atoms with Gasteiger partial charge in [0.25, 0.3) is 0 Å². The number of likely N-dealkylation sites (tertiary alicyclic amines) is 1. The molecular formula is C25H29N5O2S. The van der Waals surface area contributed by atoms with Crippen LogP contribution in [0.2, 0.25) is 0 Å². The molecule has 1 unspecified atom stereocenters. The van der Waals surface area contributed by atoms with Gasteiger partial charge in [-0.2, -0.15) is 0 Å². The predicted octanol–water partition coefficient (Wildman–Crippen LogP) is 3.77. The molecule has 3 aromatic rings. The molecule has 4 rings (SSSR count). The number of hydrogen-bond acceptors (Lipinski definition) is 5. The Morgan fingerprint density at radius 3 is 2.61 bits per heavy atom. The van der Waals surface area contributed by atoms with Crippen LogP contribution in [0.25, 0.3) is 17.1 Å². The number of aryl methyl sites for hydroxylation is 2. The second-order valence-electron chi connectivity index (χ2n) is 8.51. The Morgan fingerprint density at radius 1 is 1.09 bits per heavy atom. The number of rotatable bonds is 6. The van der Waals surface area contributed by atoms with Gasteiger partial charge in [0.1, 0.15) is 0 Å². The number of carbonyl (C=O) groups excluding carboxylic acids is 2. The van der Waals surface area contributed by atoms with Crippen molar-refractivity contribution in [1.82, 2.24) is 25.0 Å². The summed E-state index contributed by atoms with van der Waals surface area (Å²) in [7, 11) is 0. The summed E-state index contributed by atoms with van der Waals surface area (Å²) in [6, 6.07) is 16.4. The van der Waals surface area contributed by atoms with E-state index in [0.29, 0.717) is 18.2 Å². The van der Waals surface area contributed by atoms with Crippen molar-refractivity contribution in [1.29, 1.82) is 0 Å². The lowest BCUT2D eigenvalue weighted by atomic mass is 10.1. The maximum Gasteiger partial charge on any atom is 0.233 e. The standard InChI is InChI=1S/C25H29N5O2S/c1-17-9-11-22(12-10-17)30-24(20-7-4-6-18(2)14-20)27-28-25(30)33-16-23(32)29-13-5-8-21(15-29)26-19(3)31/h4,6-7,9-12,14,21H,5,8,13,15-16H2,1-3H3,(H,26,31). The van der Waals surface area contributed by atoms with Gasteiger partial charge in [-0.1, -0.05) is 53.2 Å². The minimum Gasteiger partial charge on any atom is -0.352 e. The van der Waals surface area contributed by atoms with Gasteiger partial charge in [0.05, 0.1) is 5.75 Å². The molecule has 1 aromatic heterocycles. The van der Waals surface area contributed by atoms with Crippen LogP contribution in [0.15, 0.2) is 53.7 Å². The number of hydrogen-bond donors (Lipinski definition) is 1. The largest absolute Gasteiger partial charge is 0.352 e. The molecular weight excluding hydrogens is 434 g/mol. The van der Waals surface area contributed by atoms with Crippen molar-refractivity contribution < 1.29 is 9.59 Å². The molecule has 2 aromatic carbocycles. The van der Waals surface area contributed by atoms with E-state index < -0.39 is 0 Å². The van der Waals surface area contributed by atoms with Gasteiger partial charge in [0.2, 0.25) is 11.8 Å². The van der Waals surface area contributed by atoms with E-state index in [0.717, 1.165) is 35.5 Å². The van der Waals surface area contributed by atoms with Gasteiger partial charge in [-0.15, -0.1) is 10.2 Å². The van der Waals surface area contributed by atoms with E-state index in [-0.39, 0.29) is 23.6 Å². The van der Waals surface area contributed by atoms with Crippen molar-refractivity contribution >= 4 is 23.6 Å². The van der Waals surface area contributed by atoms with Crippen molar-refractivity contribution in [2.24, 2.45) is 0 Å². The number of piperidine rings is 1. The molecule has 2 heterocycles. The number of thioether (sulfide) groups is 1. The number of carbonyl (C=O) groups is 2. The van der Waals surface area contributed by atoms with Crippen molar-refractivity contribution in [3.8, 4) is 17.1 Å². The first-order valence-corrected chi connectivity index (χ1v) is 12.2. The van der Waals surface area contributed by atoms with E-state index in [1.165, 1.54) is 24.2 Å². The van der Waals surface area contributed by atoms with Gasteiger partial charge in [0, 0.05) is 37.3 Å². The number of amides is 2. The highest BCUT2D eigenvalue weighted by molar-refractivity contribution is 7.99. The molecule has 1 aliphatic rings. The number of aromatic nitrogens is 3. The summed E-state index contributed by atoms with van der Waals surface area (Å²) in [5.74, 6) is 1.01. The van der Waals surface area contributed by atoms with Gasteiger partial charge in [-0.3, -0.25) is 14.2 Å². The third-order valence-corrected chi connectivity index (χ3v) is 6.62. The monoisotopic (exact) mass is 463 g/mol. The molecule has 1 N–H and O–H groups in total. The first kappa shape index (κ1) is 23.0. The van der Waals surface area contributed by atoms with Crippen molar-refractivity contribution in [2.75, 3.05) is 18.8 Å². The molecule has 8 heteroatoms.